The van der Waals surface area contributed by atoms with E-state index in [-0.39, 0.29) is 11.5 Å². The molecule has 2 aromatic carbocycles. The lowest BCUT2D eigenvalue weighted by atomic mass is 10.1. The molecule has 4 aromatic rings. The molecule has 0 radical (unpaired) electrons. The van der Waals surface area contributed by atoms with E-state index in [0.717, 1.165) is 45.9 Å². The molecule has 1 aliphatic carbocycles. The van der Waals surface area contributed by atoms with Crippen LogP contribution in [0, 0.1) is 0 Å². The molecule has 0 atom stereocenters. The molecule has 0 saturated heterocycles. The average Bonchev–Trinajstić information content (AvgIpc) is 3.32. The van der Waals surface area contributed by atoms with Gasteiger partial charge in [-0.3, -0.25) is 9.59 Å². The molecule has 0 aliphatic heterocycles. The quantitative estimate of drug-likeness (QED) is 0.423. The summed E-state index contributed by atoms with van der Waals surface area (Å²) in [6.45, 7) is 0. The molecule has 152 valence electrons. The highest BCUT2D eigenvalue weighted by Gasteiger charge is 2.21. The zero-order valence-corrected chi connectivity index (χ0v) is 18.0. The molecule has 2 aromatic heterocycles. The summed E-state index contributed by atoms with van der Waals surface area (Å²) in [7, 11) is 0. The van der Waals surface area contributed by atoms with Crippen molar-refractivity contribution in [3.8, 4) is 0 Å². The topological polar surface area (TPSA) is 74.8 Å². The lowest BCUT2D eigenvalue weighted by Gasteiger charge is -2.08. The highest BCUT2D eigenvalue weighted by atomic mass is 32.2. The number of aromatic amines is 1. The predicted molar refractivity (Wildman–Crippen MR) is 126 cm³/mol. The second-order valence-corrected chi connectivity index (χ2v) is 9.62. The molecule has 0 unspecified atom stereocenters. The molecular weight excluding hydrogens is 414 g/mol. The number of nitrogens with one attached hydrogen (secondary N) is 2. The van der Waals surface area contributed by atoms with Gasteiger partial charge in [-0.25, -0.2) is 4.98 Å². The maximum atomic E-state index is 12.5. The first kappa shape index (κ1) is 19.3. The van der Waals surface area contributed by atoms with Gasteiger partial charge < -0.3 is 10.3 Å². The number of amides is 1. The van der Waals surface area contributed by atoms with Crippen molar-refractivity contribution >= 4 is 55.7 Å². The molecule has 5 nitrogen and oxygen atoms in total. The standard InChI is InChI=1S/C23H21N3O2S2/c27-20(24-17-9-3-6-14-5-1-2-7-15(14)17)11-12-29-13-19-25-22(28)21-16-8-4-10-18(16)30-23(21)26-19/h1-3,5-7,9H,4,8,10-13H2,(H,24,27)(H,25,26,28). The zero-order valence-electron chi connectivity index (χ0n) is 16.4. The summed E-state index contributed by atoms with van der Waals surface area (Å²) >= 11 is 3.26. The number of anilines is 1. The van der Waals surface area contributed by atoms with Gasteiger partial charge in [0.1, 0.15) is 10.7 Å². The van der Waals surface area contributed by atoms with E-state index in [2.05, 4.69) is 15.3 Å². The number of carbonyl (C=O) groups is 1. The molecule has 0 spiro atoms. The summed E-state index contributed by atoms with van der Waals surface area (Å²) in [4.78, 5) is 34.7. The van der Waals surface area contributed by atoms with Crippen LogP contribution in [0.25, 0.3) is 21.0 Å². The lowest BCUT2D eigenvalue weighted by molar-refractivity contribution is -0.115. The number of H-pyrrole nitrogens is 1. The molecular formula is C23H21N3O2S2. The number of rotatable bonds is 6. The Bertz CT molecular complexity index is 1300. The summed E-state index contributed by atoms with van der Waals surface area (Å²) in [5.74, 6) is 1.94. The van der Waals surface area contributed by atoms with Crippen molar-refractivity contribution in [2.75, 3.05) is 11.1 Å². The predicted octanol–water partition coefficient (Wildman–Crippen LogP) is 4.89. The molecule has 1 amide bonds. The van der Waals surface area contributed by atoms with Crippen LogP contribution in [-0.4, -0.2) is 21.6 Å². The number of aromatic nitrogens is 2. The number of hydrogen-bond acceptors (Lipinski definition) is 5. The van der Waals surface area contributed by atoms with Crippen molar-refractivity contribution in [2.24, 2.45) is 0 Å². The minimum Gasteiger partial charge on any atom is -0.325 e. The smallest absolute Gasteiger partial charge is 0.259 e. The average molecular weight is 436 g/mol. The zero-order chi connectivity index (χ0) is 20.5. The van der Waals surface area contributed by atoms with Crippen LogP contribution in [0.15, 0.2) is 47.3 Å². The van der Waals surface area contributed by atoms with Gasteiger partial charge in [-0.2, -0.15) is 11.8 Å². The van der Waals surface area contributed by atoms with Gasteiger partial charge in [0.15, 0.2) is 0 Å². The molecule has 7 heteroatoms. The maximum absolute atomic E-state index is 12.5. The maximum Gasteiger partial charge on any atom is 0.259 e. The first-order valence-corrected chi connectivity index (χ1v) is 12.0. The van der Waals surface area contributed by atoms with Gasteiger partial charge >= 0.3 is 0 Å². The number of benzene rings is 2. The number of carbonyl (C=O) groups excluding carboxylic acids is 1. The van der Waals surface area contributed by atoms with Gasteiger partial charge in [0.05, 0.1) is 11.1 Å². The molecule has 1 aliphatic rings. The van der Waals surface area contributed by atoms with Gasteiger partial charge in [0.25, 0.3) is 5.56 Å². The van der Waals surface area contributed by atoms with Gasteiger partial charge in [-0.05, 0) is 36.3 Å². The van der Waals surface area contributed by atoms with Crippen molar-refractivity contribution in [3.63, 3.8) is 0 Å². The molecule has 2 N–H and O–H groups in total. The molecule has 0 bridgehead atoms. The normalized spacial score (nSPS) is 13.1. The van der Waals surface area contributed by atoms with Crippen molar-refractivity contribution < 1.29 is 4.79 Å². The lowest BCUT2D eigenvalue weighted by Crippen LogP contribution is -2.13. The van der Waals surface area contributed by atoms with E-state index in [4.69, 9.17) is 0 Å². The fraction of sp³-hybridized carbons (Fsp3) is 0.261. The Morgan fingerprint density at radius 2 is 2.03 bits per heavy atom. The summed E-state index contributed by atoms with van der Waals surface area (Å²) < 4.78 is 0. The van der Waals surface area contributed by atoms with Gasteiger partial charge in [-0.15, -0.1) is 11.3 Å². The summed E-state index contributed by atoms with van der Waals surface area (Å²) in [5, 5.41) is 5.95. The van der Waals surface area contributed by atoms with E-state index >= 15 is 0 Å². The van der Waals surface area contributed by atoms with Crippen LogP contribution in [0.4, 0.5) is 5.69 Å². The highest BCUT2D eigenvalue weighted by molar-refractivity contribution is 7.98. The van der Waals surface area contributed by atoms with Gasteiger partial charge in [-0.1, -0.05) is 36.4 Å². The van der Waals surface area contributed by atoms with E-state index in [1.54, 1.807) is 23.1 Å². The Labute approximate surface area is 181 Å². The molecule has 0 saturated carbocycles. The SMILES string of the molecule is O=C(CCSCc1nc2sc3c(c2c(=O)[nH]1)CCC3)Nc1cccc2ccccc12. The number of nitrogens with zero attached hydrogens (tertiary/aromatic N) is 1. The fourth-order valence-corrected chi connectivity index (χ4v) is 6.08. The number of thioether (sulfide) groups is 1. The van der Waals surface area contributed by atoms with Crippen LogP contribution in [0.1, 0.15) is 29.1 Å². The Balaban J connectivity index is 1.18. The highest BCUT2D eigenvalue weighted by Crippen LogP contribution is 2.34. The summed E-state index contributed by atoms with van der Waals surface area (Å²) in [6.07, 6.45) is 3.59. The number of fused-ring (bicyclic) bond motifs is 4. The largest absolute Gasteiger partial charge is 0.325 e. The van der Waals surface area contributed by atoms with Gasteiger partial charge in [0, 0.05) is 28.1 Å². The molecule has 0 fully saturated rings. The number of thiophene rings is 1. The van der Waals surface area contributed by atoms with E-state index in [0.29, 0.717) is 23.8 Å². The van der Waals surface area contributed by atoms with Crippen molar-refractivity contribution in [3.05, 3.63) is 69.1 Å². The number of hydrogen-bond donors (Lipinski definition) is 2. The van der Waals surface area contributed by atoms with Crippen LogP contribution >= 0.6 is 23.1 Å². The second-order valence-electron chi connectivity index (χ2n) is 7.43. The van der Waals surface area contributed by atoms with Crippen LogP contribution in [-0.2, 0) is 23.4 Å². The fourth-order valence-electron chi connectivity index (χ4n) is 4.00. The van der Waals surface area contributed by atoms with Gasteiger partial charge in [0.2, 0.25) is 5.91 Å². The second kappa shape index (κ2) is 8.24. The number of aryl methyl sites for hydroxylation is 2. The first-order valence-electron chi connectivity index (χ1n) is 10.1. The van der Waals surface area contributed by atoms with Crippen LogP contribution < -0.4 is 10.9 Å². The van der Waals surface area contributed by atoms with E-state index < -0.39 is 0 Å². The van der Waals surface area contributed by atoms with E-state index in [1.165, 1.54) is 10.4 Å². The van der Waals surface area contributed by atoms with E-state index in [9.17, 15) is 9.59 Å². The molecule has 5 rings (SSSR count). The summed E-state index contributed by atoms with van der Waals surface area (Å²) in [6, 6.07) is 13.9. The Morgan fingerprint density at radius 1 is 1.17 bits per heavy atom. The minimum atomic E-state index is -0.0244. The third-order valence-corrected chi connectivity index (χ3v) is 7.56. The van der Waals surface area contributed by atoms with Crippen LogP contribution in [0.5, 0.6) is 0 Å². The van der Waals surface area contributed by atoms with Crippen LogP contribution in [0.2, 0.25) is 0 Å². The third-order valence-electron chi connectivity index (χ3n) is 5.40. The van der Waals surface area contributed by atoms with Crippen LogP contribution in [0.3, 0.4) is 0 Å². The Kier molecular flexibility index (Phi) is 5.31. The third kappa shape index (κ3) is 3.75. The summed E-state index contributed by atoms with van der Waals surface area (Å²) in [5.41, 5.74) is 2.02. The molecule has 2 heterocycles. The van der Waals surface area contributed by atoms with Crippen molar-refractivity contribution in [2.45, 2.75) is 31.4 Å². The first-order chi connectivity index (χ1) is 14.7. The Morgan fingerprint density at radius 3 is 2.97 bits per heavy atom. The Hall–Kier alpha value is -2.64. The molecule has 30 heavy (non-hydrogen) atoms. The monoisotopic (exact) mass is 435 g/mol. The van der Waals surface area contributed by atoms with E-state index in [1.807, 2.05) is 42.5 Å². The van der Waals surface area contributed by atoms with Crippen molar-refractivity contribution in [1.82, 2.24) is 9.97 Å². The minimum absolute atomic E-state index is 0.00885. The van der Waals surface area contributed by atoms with Crippen molar-refractivity contribution in [1.29, 1.82) is 0 Å².